The van der Waals surface area contributed by atoms with Crippen LogP contribution >= 0.6 is 0 Å². The average molecular weight is 681 g/mol. The molecule has 0 radical (unpaired) electrons. The van der Waals surface area contributed by atoms with E-state index >= 15 is 0 Å². The van der Waals surface area contributed by atoms with E-state index in [0.29, 0.717) is 13.2 Å². The fourth-order valence-electron chi connectivity index (χ4n) is 6.31. The number of rotatable bonds is 12. The van der Waals surface area contributed by atoms with Crippen molar-refractivity contribution in [3.8, 4) is 23.0 Å². The number of hydrogen-bond acceptors (Lipinski definition) is 6. The fourth-order valence-corrected chi connectivity index (χ4v) is 6.31. The maximum atomic E-state index is 12.9. The molecule has 0 unspecified atom stereocenters. The molecule has 0 aromatic heterocycles. The van der Waals surface area contributed by atoms with E-state index in [1.54, 1.807) is 0 Å². The Bertz CT molecular complexity index is 1540. The molecule has 2 aliphatic heterocycles. The molecule has 8 nitrogen and oxygen atoms in total. The zero-order chi connectivity index (χ0) is 35.7. The van der Waals surface area contributed by atoms with Crippen LogP contribution in [0.5, 0.6) is 23.0 Å². The summed E-state index contributed by atoms with van der Waals surface area (Å²) in [4.78, 5) is 25.8. The molecular weight excluding hydrogens is 628 g/mol. The van der Waals surface area contributed by atoms with Crippen molar-refractivity contribution in [3.63, 3.8) is 0 Å². The molecule has 0 atom stereocenters. The fraction of sp³-hybridized carbons (Fsp3) is 0.381. The summed E-state index contributed by atoms with van der Waals surface area (Å²) in [6, 6.07) is 30.7. The number of fused-ring (bicyclic) bond motifs is 4. The van der Waals surface area contributed by atoms with E-state index in [4.69, 9.17) is 18.9 Å². The van der Waals surface area contributed by atoms with E-state index in [1.165, 1.54) is 0 Å². The molecule has 4 aromatic carbocycles. The molecule has 2 heterocycles. The lowest BCUT2D eigenvalue weighted by atomic mass is 9.88. The number of carbonyl (C=O) groups excluding carboxylic acids is 2. The molecule has 0 spiro atoms. The minimum atomic E-state index is -0.428. The first-order chi connectivity index (χ1) is 24.2. The summed E-state index contributed by atoms with van der Waals surface area (Å²) in [5.41, 5.74) is 3.48. The maximum Gasteiger partial charge on any atom is 0.318 e. The SMILES string of the molecule is CC[N+](C)(CC)CCOC(=O)C1c2ccccc2Oc2ccccc21.CC[N+](C)(CC)CCOC(=O)C1c2ccccc2Oc2ccccc21. The zero-order valence-corrected chi connectivity index (χ0v) is 30.4. The Labute approximate surface area is 297 Å². The molecule has 0 fully saturated rings. The largest absolute Gasteiger partial charge is 0.459 e. The molecule has 0 bridgehead atoms. The topological polar surface area (TPSA) is 71.1 Å². The second-order valence-electron chi connectivity index (χ2n) is 13.5. The Morgan fingerprint density at radius 3 is 1.02 bits per heavy atom. The summed E-state index contributed by atoms with van der Waals surface area (Å²) in [5, 5.41) is 0. The van der Waals surface area contributed by atoms with Gasteiger partial charge in [0.2, 0.25) is 0 Å². The molecular formula is C42H52N2O6+2. The second kappa shape index (κ2) is 16.4. The van der Waals surface area contributed by atoms with Crippen molar-refractivity contribution in [2.75, 3.05) is 66.6 Å². The van der Waals surface area contributed by atoms with E-state index in [-0.39, 0.29) is 11.9 Å². The quantitative estimate of drug-likeness (QED) is 0.112. The van der Waals surface area contributed by atoms with Gasteiger partial charge < -0.3 is 27.9 Å². The molecule has 50 heavy (non-hydrogen) atoms. The van der Waals surface area contributed by atoms with Crippen molar-refractivity contribution in [2.24, 2.45) is 0 Å². The van der Waals surface area contributed by atoms with Gasteiger partial charge in [-0.25, -0.2) is 0 Å². The number of para-hydroxylation sites is 4. The molecule has 2 aliphatic rings. The van der Waals surface area contributed by atoms with E-state index in [9.17, 15) is 9.59 Å². The van der Waals surface area contributed by atoms with Gasteiger partial charge in [0, 0.05) is 22.3 Å². The molecule has 264 valence electrons. The van der Waals surface area contributed by atoms with Crippen molar-refractivity contribution in [3.05, 3.63) is 119 Å². The number of likely N-dealkylation sites (N-methyl/N-ethyl adjacent to an activating group) is 2. The van der Waals surface area contributed by atoms with E-state index in [1.807, 2.05) is 97.1 Å². The van der Waals surface area contributed by atoms with Gasteiger partial charge in [-0.3, -0.25) is 9.59 Å². The summed E-state index contributed by atoms with van der Waals surface area (Å²) in [5.74, 6) is 1.64. The first kappa shape index (κ1) is 36.6. The highest BCUT2D eigenvalue weighted by molar-refractivity contribution is 5.86. The summed E-state index contributed by atoms with van der Waals surface area (Å²) in [6.07, 6.45) is 0. The number of carbonyl (C=O) groups is 2. The number of ether oxygens (including phenoxy) is 4. The molecule has 0 amide bonds. The number of quaternary nitrogens is 2. The van der Waals surface area contributed by atoms with E-state index in [0.717, 1.165) is 93.5 Å². The number of nitrogens with zero attached hydrogens (tertiary/aromatic N) is 2. The van der Waals surface area contributed by atoms with E-state index in [2.05, 4.69) is 41.8 Å². The van der Waals surface area contributed by atoms with Gasteiger partial charge in [-0.15, -0.1) is 0 Å². The van der Waals surface area contributed by atoms with Crippen LogP contribution in [-0.2, 0) is 19.1 Å². The first-order valence-corrected chi connectivity index (χ1v) is 17.9. The van der Waals surface area contributed by atoms with Crippen molar-refractivity contribution in [1.29, 1.82) is 0 Å². The lowest BCUT2D eigenvalue weighted by molar-refractivity contribution is -0.906. The molecule has 0 saturated heterocycles. The van der Waals surface area contributed by atoms with Crippen molar-refractivity contribution < 1.29 is 37.5 Å². The van der Waals surface area contributed by atoms with Crippen LogP contribution in [0.3, 0.4) is 0 Å². The van der Waals surface area contributed by atoms with Crippen LogP contribution in [0, 0.1) is 0 Å². The lowest BCUT2D eigenvalue weighted by Crippen LogP contribution is -2.46. The van der Waals surface area contributed by atoms with Crippen LogP contribution in [0.2, 0.25) is 0 Å². The summed E-state index contributed by atoms with van der Waals surface area (Å²) >= 11 is 0. The highest BCUT2D eigenvalue weighted by atomic mass is 16.5. The average Bonchev–Trinajstić information content (AvgIpc) is 3.15. The Kier molecular flexibility index (Phi) is 12.0. The van der Waals surface area contributed by atoms with Crippen LogP contribution < -0.4 is 9.47 Å². The Morgan fingerprint density at radius 1 is 0.500 bits per heavy atom. The van der Waals surface area contributed by atoms with Crippen LogP contribution in [0.4, 0.5) is 0 Å². The standard InChI is InChI=1S/2C21H26NO3/c2*1-4-22(3,5-2)14-15-24-21(23)20-16-10-6-8-12-18(16)25-19-13-9-7-11-17(19)20/h2*6-13,20H,4-5,14-15H2,1-3H3/q2*+1. The molecule has 0 aliphatic carbocycles. The molecule has 6 rings (SSSR count). The first-order valence-electron chi connectivity index (χ1n) is 17.9. The third-order valence-electron chi connectivity index (χ3n) is 10.6. The predicted octanol–water partition coefficient (Wildman–Crippen LogP) is 7.91. The van der Waals surface area contributed by atoms with Gasteiger partial charge in [-0.05, 0) is 52.0 Å². The predicted molar refractivity (Wildman–Crippen MR) is 196 cm³/mol. The van der Waals surface area contributed by atoms with Crippen molar-refractivity contribution in [1.82, 2.24) is 0 Å². The minimum Gasteiger partial charge on any atom is -0.459 e. The monoisotopic (exact) mass is 680 g/mol. The smallest absolute Gasteiger partial charge is 0.318 e. The molecule has 4 aromatic rings. The maximum absolute atomic E-state index is 12.9. The molecule has 8 heteroatoms. The van der Waals surface area contributed by atoms with Gasteiger partial charge in [0.15, 0.2) is 0 Å². The Morgan fingerprint density at radius 2 is 0.760 bits per heavy atom. The highest BCUT2D eigenvalue weighted by Gasteiger charge is 2.35. The number of esters is 2. The second-order valence-corrected chi connectivity index (χ2v) is 13.5. The van der Waals surface area contributed by atoms with Crippen LogP contribution in [0.15, 0.2) is 97.1 Å². The third kappa shape index (κ3) is 8.20. The number of hydrogen-bond donors (Lipinski definition) is 0. The Balaban J connectivity index is 0.000000194. The summed E-state index contributed by atoms with van der Waals surface area (Å²) in [7, 11) is 4.37. The summed E-state index contributed by atoms with van der Waals surface area (Å²) < 4.78 is 25.0. The molecule has 0 saturated carbocycles. The van der Waals surface area contributed by atoms with Gasteiger partial charge in [0.1, 0.15) is 61.1 Å². The normalized spacial score (nSPS) is 13.6. The van der Waals surface area contributed by atoms with Gasteiger partial charge in [-0.2, -0.15) is 0 Å². The molecule has 0 N–H and O–H groups in total. The summed E-state index contributed by atoms with van der Waals surface area (Å²) in [6.45, 7) is 15.3. The lowest BCUT2D eigenvalue weighted by Gasteiger charge is -2.32. The van der Waals surface area contributed by atoms with Crippen molar-refractivity contribution >= 4 is 11.9 Å². The van der Waals surface area contributed by atoms with Crippen LogP contribution in [0.1, 0.15) is 61.8 Å². The van der Waals surface area contributed by atoms with Gasteiger partial charge >= 0.3 is 11.9 Å². The highest BCUT2D eigenvalue weighted by Crippen LogP contribution is 2.45. The van der Waals surface area contributed by atoms with Crippen LogP contribution in [-0.4, -0.2) is 87.5 Å². The van der Waals surface area contributed by atoms with E-state index < -0.39 is 11.8 Å². The minimum absolute atomic E-state index is 0.207. The third-order valence-corrected chi connectivity index (χ3v) is 10.6. The van der Waals surface area contributed by atoms with Crippen molar-refractivity contribution in [2.45, 2.75) is 39.5 Å². The van der Waals surface area contributed by atoms with Gasteiger partial charge in [-0.1, -0.05) is 72.8 Å². The Hall–Kier alpha value is -4.66. The van der Waals surface area contributed by atoms with Gasteiger partial charge in [0.25, 0.3) is 0 Å². The van der Waals surface area contributed by atoms with Crippen LogP contribution in [0.25, 0.3) is 0 Å². The van der Waals surface area contributed by atoms with Gasteiger partial charge in [0.05, 0.1) is 40.3 Å². The number of benzene rings is 4. The zero-order valence-electron chi connectivity index (χ0n) is 30.4.